The molecule has 0 amide bonds. The smallest absolute Gasteiger partial charge is 0.161 e. The summed E-state index contributed by atoms with van der Waals surface area (Å²) in [6.07, 6.45) is 5.56. The zero-order chi connectivity index (χ0) is 27.2. The molecule has 0 bridgehead atoms. The van der Waals surface area contributed by atoms with Crippen LogP contribution in [0, 0.1) is 6.92 Å². The summed E-state index contributed by atoms with van der Waals surface area (Å²) in [7, 11) is 3.38. The SMILES string of the molecule is CCc1cccc(CC)c1-c1cc(OC(C)C)c(CN2CCCCC2c2ccc(OC)c(OC)c2)c(C)n1. The number of ether oxygens (including phenoxy) is 3. The van der Waals surface area contributed by atoms with Gasteiger partial charge >= 0.3 is 0 Å². The lowest BCUT2D eigenvalue weighted by Crippen LogP contribution is -2.33. The highest BCUT2D eigenvalue weighted by Crippen LogP contribution is 2.39. The van der Waals surface area contributed by atoms with Crippen molar-refractivity contribution in [1.82, 2.24) is 9.88 Å². The number of benzene rings is 2. The minimum Gasteiger partial charge on any atom is -0.493 e. The van der Waals surface area contributed by atoms with E-state index >= 15 is 0 Å². The van der Waals surface area contributed by atoms with Crippen LogP contribution in [0.3, 0.4) is 0 Å². The first-order valence-electron chi connectivity index (χ1n) is 14.1. The Labute approximate surface area is 229 Å². The quantitative estimate of drug-likeness (QED) is 0.276. The summed E-state index contributed by atoms with van der Waals surface area (Å²) in [6.45, 7) is 12.6. The van der Waals surface area contributed by atoms with Crippen LogP contribution in [-0.2, 0) is 19.4 Å². The Morgan fingerprint density at radius 2 is 1.63 bits per heavy atom. The Hall–Kier alpha value is -3.05. The number of aromatic nitrogens is 1. The summed E-state index contributed by atoms with van der Waals surface area (Å²) in [5.74, 6) is 2.50. The molecule has 5 heteroatoms. The zero-order valence-electron chi connectivity index (χ0n) is 24.3. The summed E-state index contributed by atoms with van der Waals surface area (Å²) in [6, 6.07) is 15.4. The van der Waals surface area contributed by atoms with E-state index < -0.39 is 0 Å². The highest BCUT2D eigenvalue weighted by atomic mass is 16.5. The lowest BCUT2D eigenvalue weighted by Gasteiger charge is -2.37. The van der Waals surface area contributed by atoms with Gasteiger partial charge in [0.05, 0.1) is 26.0 Å². The normalized spacial score (nSPS) is 16.1. The molecule has 1 aromatic heterocycles. The molecule has 0 N–H and O–H groups in total. The van der Waals surface area contributed by atoms with Gasteiger partial charge in [-0.1, -0.05) is 44.5 Å². The van der Waals surface area contributed by atoms with Crippen molar-refractivity contribution >= 4 is 0 Å². The number of nitrogens with zero attached hydrogens (tertiary/aromatic N) is 2. The molecule has 0 spiro atoms. The Morgan fingerprint density at radius 3 is 2.26 bits per heavy atom. The Morgan fingerprint density at radius 1 is 0.921 bits per heavy atom. The van der Waals surface area contributed by atoms with Crippen LogP contribution in [0.1, 0.15) is 80.9 Å². The maximum absolute atomic E-state index is 6.48. The highest BCUT2D eigenvalue weighted by molar-refractivity contribution is 5.70. The molecule has 5 nitrogen and oxygen atoms in total. The first-order valence-corrected chi connectivity index (χ1v) is 14.1. The van der Waals surface area contributed by atoms with Crippen LogP contribution in [0.15, 0.2) is 42.5 Å². The second kappa shape index (κ2) is 12.7. The van der Waals surface area contributed by atoms with E-state index in [1.165, 1.54) is 40.7 Å². The second-order valence-electron chi connectivity index (χ2n) is 10.5. The molecule has 0 saturated carbocycles. The third-order valence-corrected chi connectivity index (χ3v) is 7.68. The standard InChI is InChI=1S/C33H44N2O3/c1-8-24-13-12-14-25(9-2)33(24)28-20-31(38-22(3)4)27(23(5)34-28)21-35-18-11-10-15-29(35)26-16-17-30(36-6)32(19-26)37-7/h12-14,16-17,19-20,22,29H,8-11,15,18,21H2,1-7H3. The van der Waals surface area contributed by atoms with Crippen molar-refractivity contribution in [3.8, 4) is 28.5 Å². The van der Waals surface area contributed by atoms with Gasteiger partial charge in [-0.3, -0.25) is 9.88 Å². The maximum Gasteiger partial charge on any atom is 0.161 e. The van der Waals surface area contributed by atoms with Crippen molar-refractivity contribution in [2.75, 3.05) is 20.8 Å². The zero-order valence-corrected chi connectivity index (χ0v) is 24.3. The Bertz CT molecular complexity index is 1210. The predicted octanol–water partition coefficient (Wildman–Crippen LogP) is 7.71. The summed E-state index contributed by atoms with van der Waals surface area (Å²) in [5, 5.41) is 0. The molecular formula is C33H44N2O3. The third-order valence-electron chi connectivity index (χ3n) is 7.68. The van der Waals surface area contributed by atoms with Crippen LogP contribution < -0.4 is 14.2 Å². The van der Waals surface area contributed by atoms with Crippen molar-refractivity contribution in [3.05, 3.63) is 70.4 Å². The molecule has 1 unspecified atom stereocenters. The molecular weight excluding hydrogens is 472 g/mol. The third kappa shape index (κ3) is 5.99. The van der Waals surface area contributed by atoms with Crippen molar-refractivity contribution in [1.29, 1.82) is 0 Å². The van der Waals surface area contributed by atoms with Crippen LogP contribution in [-0.4, -0.2) is 36.8 Å². The first kappa shape index (κ1) is 28.0. The summed E-state index contributed by atoms with van der Waals surface area (Å²) in [5.41, 5.74) is 8.45. The number of aryl methyl sites for hydroxylation is 3. The van der Waals surface area contributed by atoms with E-state index in [1.807, 2.05) is 6.07 Å². The van der Waals surface area contributed by atoms with Crippen molar-refractivity contribution in [2.45, 2.75) is 85.4 Å². The number of hydrogen-bond acceptors (Lipinski definition) is 5. The largest absolute Gasteiger partial charge is 0.493 e. The van der Waals surface area contributed by atoms with Gasteiger partial charge in [0, 0.05) is 35.5 Å². The molecule has 2 heterocycles. The van der Waals surface area contributed by atoms with Crippen LogP contribution in [0.4, 0.5) is 0 Å². The Kier molecular flexibility index (Phi) is 9.32. The molecule has 1 atom stereocenters. The van der Waals surface area contributed by atoms with E-state index in [2.05, 4.69) is 75.9 Å². The number of likely N-dealkylation sites (tertiary alicyclic amines) is 1. The molecule has 0 aliphatic carbocycles. The monoisotopic (exact) mass is 516 g/mol. The minimum atomic E-state index is 0.0819. The van der Waals surface area contributed by atoms with Crippen LogP contribution in [0.25, 0.3) is 11.3 Å². The van der Waals surface area contributed by atoms with Gasteiger partial charge in [-0.15, -0.1) is 0 Å². The number of methoxy groups -OCH3 is 2. The molecule has 1 fully saturated rings. The van der Waals surface area contributed by atoms with Gasteiger partial charge in [-0.05, 0) is 81.8 Å². The Balaban J connectivity index is 1.74. The predicted molar refractivity (Wildman–Crippen MR) is 155 cm³/mol. The number of pyridine rings is 1. The molecule has 2 aromatic carbocycles. The number of piperidine rings is 1. The molecule has 38 heavy (non-hydrogen) atoms. The fourth-order valence-electron chi connectivity index (χ4n) is 5.74. The van der Waals surface area contributed by atoms with E-state index in [4.69, 9.17) is 19.2 Å². The molecule has 4 rings (SSSR count). The van der Waals surface area contributed by atoms with Gasteiger partial charge in [0.25, 0.3) is 0 Å². The molecule has 204 valence electrons. The van der Waals surface area contributed by atoms with Crippen molar-refractivity contribution < 1.29 is 14.2 Å². The summed E-state index contributed by atoms with van der Waals surface area (Å²) >= 11 is 0. The van der Waals surface area contributed by atoms with Crippen LogP contribution in [0.5, 0.6) is 17.2 Å². The fourth-order valence-corrected chi connectivity index (χ4v) is 5.74. The van der Waals surface area contributed by atoms with Crippen LogP contribution >= 0.6 is 0 Å². The van der Waals surface area contributed by atoms with E-state index in [0.29, 0.717) is 6.04 Å². The van der Waals surface area contributed by atoms with Crippen molar-refractivity contribution in [3.63, 3.8) is 0 Å². The molecule has 3 aromatic rings. The van der Waals surface area contributed by atoms with Gasteiger partial charge < -0.3 is 14.2 Å². The fraction of sp³-hybridized carbons (Fsp3) is 0.485. The maximum atomic E-state index is 6.48. The highest BCUT2D eigenvalue weighted by Gasteiger charge is 2.27. The molecule has 1 saturated heterocycles. The number of rotatable bonds is 10. The minimum absolute atomic E-state index is 0.0819. The second-order valence-corrected chi connectivity index (χ2v) is 10.5. The molecule has 1 aliphatic heterocycles. The number of hydrogen-bond donors (Lipinski definition) is 0. The average Bonchev–Trinajstić information content (AvgIpc) is 2.93. The summed E-state index contributed by atoms with van der Waals surface area (Å²) in [4.78, 5) is 7.78. The van der Waals surface area contributed by atoms with Gasteiger partial charge in [-0.25, -0.2) is 0 Å². The van der Waals surface area contributed by atoms with Gasteiger partial charge in [-0.2, -0.15) is 0 Å². The van der Waals surface area contributed by atoms with E-state index in [9.17, 15) is 0 Å². The topological polar surface area (TPSA) is 43.8 Å². The first-order chi connectivity index (χ1) is 18.4. The molecule has 1 aliphatic rings. The average molecular weight is 517 g/mol. The molecule has 0 radical (unpaired) electrons. The van der Waals surface area contributed by atoms with Crippen LogP contribution in [0.2, 0.25) is 0 Å². The lowest BCUT2D eigenvalue weighted by atomic mass is 9.93. The van der Waals surface area contributed by atoms with E-state index in [1.54, 1.807) is 14.2 Å². The van der Waals surface area contributed by atoms with E-state index in [-0.39, 0.29) is 6.10 Å². The lowest BCUT2D eigenvalue weighted by molar-refractivity contribution is 0.136. The van der Waals surface area contributed by atoms with Gasteiger partial charge in [0.1, 0.15) is 5.75 Å². The van der Waals surface area contributed by atoms with Crippen molar-refractivity contribution in [2.24, 2.45) is 0 Å². The summed E-state index contributed by atoms with van der Waals surface area (Å²) < 4.78 is 17.6. The van der Waals surface area contributed by atoms with Gasteiger partial charge in [0.15, 0.2) is 11.5 Å². The van der Waals surface area contributed by atoms with Gasteiger partial charge in [0.2, 0.25) is 0 Å². The van der Waals surface area contributed by atoms with E-state index in [0.717, 1.165) is 61.0 Å².